The van der Waals surface area contributed by atoms with Crippen molar-refractivity contribution in [2.24, 2.45) is 0 Å². The first kappa shape index (κ1) is 22.5. The average molecular weight is 467 g/mol. The molecule has 176 valence electrons. The van der Waals surface area contributed by atoms with Crippen LogP contribution in [0.1, 0.15) is 46.3 Å². The van der Waals surface area contributed by atoms with Crippen molar-refractivity contribution < 1.29 is 9.59 Å². The Kier molecular flexibility index (Phi) is 5.86. The van der Waals surface area contributed by atoms with Crippen LogP contribution in [0, 0.1) is 13.8 Å². The zero-order valence-electron chi connectivity index (χ0n) is 19.7. The lowest BCUT2D eigenvalue weighted by atomic mass is 10.1. The molecule has 1 saturated heterocycles. The molecule has 0 bridgehead atoms. The molecule has 1 aliphatic heterocycles. The highest BCUT2D eigenvalue weighted by Gasteiger charge is 2.33. The number of hydrogen-bond donors (Lipinski definition) is 1. The third-order valence-electron chi connectivity index (χ3n) is 6.35. The third kappa shape index (κ3) is 4.19. The molecule has 8 heteroatoms. The molecule has 2 amide bonds. The molecule has 3 aromatic heterocycles. The van der Waals surface area contributed by atoms with Gasteiger partial charge in [-0.1, -0.05) is 18.7 Å². The second kappa shape index (κ2) is 9.13. The monoisotopic (exact) mass is 466 g/mol. The van der Waals surface area contributed by atoms with Crippen molar-refractivity contribution in [3.63, 3.8) is 0 Å². The summed E-state index contributed by atoms with van der Waals surface area (Å²) >= 11 is 0. The number of aromatic nitrogens is 4. The van der Waals surface area contributed by atoms with Gasteiger partial charge in [0.15, 0.2) is 0 Å². The summed E-state index contributed by atoms with van der Waals surface area (Å²) in [7, 11) is 0. The maximum absolute atomic E-state index is 12.7. The van der Waals surface area contributed by atoms with E-state index < -0.39 is 0 Å². The van der Waals surface area contributed by atoms with E-state index >= 15 is 0 Å². The van der Waals surface area contributed by atoms with Crippen LogP contribution in [-0.2, 0) is 4.79 Å². The fourth-order valence-corrected chi connectivity index (χ4v) is 4.64. The second-order valence-corrected chi connectivity index (χ2v) is 8.69. The summed E-state index contributed by atoms with van der Waals surface area (Å²) in [6.07, 6.45) is 8.42. The van der Waals surface area contributed by atoms with E-state index in [-0.39, 0.29) is 17.9 Å². The summed E-state index contributed by atoms with van der Waals surface area (Å²) in [5.41, 5.74) is 4.92. The number of carbonyl (C=O) groups is 2. The highest BCUT2D eigenvalue weighted by Crippen LogP contribution is 2.36. The summed E-state index contributed by atoms with van der Waals surface area (Å²) in [6, 6.07) is 10.9. The molecule has 0 radical (unpaired) electrons. The van der Waals surface area contributed by atoms with Gasteiger partial charge in [-0.25, -0.2) is 9.97 Å². The smallest absolute Gasteiger partial charge is 0.256 e. The van der Waals surface area contributed by atoms with Gasteiger partial charge < -0.3 is 10.2 Å². The van der Waals surface area contributed by atoms with Crippen molar-refractivity contribution in [2.45, 2.75) is 32.7 Å². The van der Waals surface area contributed by atoms with Gasteiger partial charge in [-0.05, 0) is 62.6 Å². The van der Waals surface area contributed by atoms with Crippen molar-refractivity contribution >= 4 is 23.1 Å². The maximum Gasteiger partial charge on any atom is 0.256 e. The van der Waals surface area contributed by atoms with E-state index in [2.05, 4.69) is 21.9 Å². The van der Waals surface area contributed by atoms with Crippen LogP contribution in [0.25, 0.3) is 16.8 Å². The average Bonchev–Trinajstić information content (AvgIpc) is 3.49. The molecule has 0 aliphatic carbocycles. The highest BCUT2D eigenvalue weighted by atomic mass is 16.2. The molecule has 1 aliphatic rings. The van der Waals surface area contributed by atoms with E-state index in [1.165, 1.54) is 6.08 Å². The van der Waals surface area contributed by atoms with Crippen LogP contribution in [0.15, 0.2) is 67.6 Å². The molecule has 1 aromatic carbocycles. The minimum Gasteiger partial charge on any atom is -0.329 e. The van der Waals surface area contributed by atoms with Crippen molar-refractivity contribution in [2.75, 3.05) is 11.9 Å². The van der Waals surface area contributed by atoms with Crippen LogP contribution < -0.4 is 5.32 Å². The minimum atomic E-state index is -0.229. The van der Waals surface area contributed by atoms with Gasteiger partial charge in [0.1, 0.15) is 11.6 Å². The molecular formula is C27H26N6O2. The molecule has 0 spiro atoms. The summed E-state index contributed by atoms with van der Waals surface area (Å²) < 4.78 is 2.03. The van der Waals surface area contributed by atoms with Crippen LogP contribution in [0.5, 0.6) is 0 Å². The van der Waals surface area contributed by atoms with Crippen LogP contribution in [0.2, 0.25) is 0 Å². The number of aryl methyl sites for hydroxylation is 2. The van der Waals surface area contributed by atoms with Gasteiger partial charge in [0, 0.05) is 36.3 Å². The second-order valence-electron chi connectivity index (χ2n) is 8.69. The quantitative estimate of drug-likeness (QED) is 0.437. The number of fused-ring (bicyclic) bond motifs is 1. The SMILES string of the molecule is C=CC(=O)N1CCC[C@H]1c1nc(-c2ccc(C(=O)Nc3cc(C)ccn3)cc2)c2c(C)nccn12. The lowest BCUT2D eigenvalue weighted by Crippen LogP contribution is -2.29. The number of carbonyl (C=O) groups excluding carboxylic acids is 2. The molecule has 35 heavy (non-hydrogen) atoms. The molecule has 4 heterocycles. The molecule has 5 rings (SSSR count). The normalized spacial score (nSPS) is 15.4. The molecule has 1 fully saturated rings. The van der Waals surface area contributed by atoms with Crippen molar-refractivity contribution in [1.82, 2.24) is 24.3 Å². The Labute approximate surface area is 203 Å². The Hall–Kier alpha value is -4.33. The van der Waals surface area contributed by atoms with Gasteiger partial charge in [-0.3, -0.25) is 19.0 Å². The van der Waals surface area contributed by atoms with Gasteiger partial charge in [0.2, 0.25) is 5.91 Å². The minimum absolute atomic E-state index is 0.0879. The van der Waals surface area contributed by atoms with E-state index in [1.807, 2.05) is 53.6 Å². The number of amides is 2. The zero-order chi connectivity index (χ0) is 24.5. The number of rotatable bonds is 5. The molecule has 0 unspecified atom stereocenters. The molecule has 4 aromatic rings. The van der Waals surface area contributed by atoms with E-state index in [0.717, 1.165) is 46.7 Å². The number of nitrogens with one attached hydrogen (secondary N) is 1. The highest BCUT2D eigenvalue weighted by molar-refractivity contribution is 6.04. The molecule has 8 nitrogen and oxygen atoms in total. The Morgan fingerprint density at radius 2 is 1.91 bits per heavy atom. The van der Waals surface area contributed by atoms with E-state index in [4.69, 9.17) is 4.98 Å². The van der Waals surface area contributed by atoms with Crippen LogP contribution >= 0.6 is 0 Å². The van der Waals surface area contributed by atoms with E-state index in [1.54, 1.807) is 24.5 Å². The molecule has 0 saturated carbocycles. The lowest BCUT2D eigenvalue weighted by Gasteiger charge is -2.22. The summed E-state index contributed by atoms with van der Waals surface area (Å²) in [6.45, 7) is 8.23. The fraction of sp³-hybridized carbons (Fsp3) is 0.222. The molecule has 1 N–H and O–H groups in total. The topological polar surface area (TPSA) is 92.5 Å². The number of pyridine rings is 1. The Bertz CT molecular complexity index is 1440. The number of imidazole rings is 1. The summed E-state index contributed by atoms with van der Waals surface area (Å²) in [5.74, 6) is 1.00. The van der Waals surface area contributed by atoms with Gasteiger partial charge in [-0.15, -0.1) is 0 Å². The zero-order valence-corrected chi connectivity index (χ0v) is 19.7. The number of likely N-dealkylation sites (tertiary alicyclic amines) is 1. The first-order valence-electron chi connectivity index (χ1n) is 11.6. The van der Waals surface area contributed by atoms with Crippen molar-refractivity contribution in [3.05, 3.63) is 90.3 Å². The first-order valence-corrected chi connectivity index (χ1v) is 11.6. The maximum atomic E-state index is 12.7. The van der Waals surface area contributed by atoms with Gasteiger partial charge >= 0.3 is 0 Å². The number of benzene rings is 1. The third-order valence-corrected chi connectivity index (χ3v) is 6.35. The van der Waals surface area contributed by atoms with Crippen LogP contribution in [0.3, 0.4) is 0 Å². The first-order chi connectivity index (χ1) is 17.0. The van der Waals surface area contributed by atoms with Crippen molar-refractivity contribution in [1.29, 1.82) is 0 Å². The molecular weight excluding hydrogens is 440 g/mol. The van der Waals surface area contributed by atoms with Crippen molar-refractivity contribution in [3.8, 4) is 11.3 Å². The Balaban J connectivity index is 1.50. The predicted octanol–water partition coefficient (Wildman–Crippen LogP) is 4.51. The predicted molar refractivity (Wildman–Crippen MR) is 134 cm³/mol. The molecule has 1 atom stereocenters. The number of nitrogens with zero attached hydrogens (tertiary/aromatic N) is 5. The van der Waals surface area contributed by atoms with E-state index in [9.17, 15) is 9.59 Å². The van der Waals surface area contributed by atoms with Gasteiger partial charge in [0.05, 0.1) is 22.9 Å². The summed E-state index contributed by atoms with van der Waals surface area (Å²) in [4.78, 5) is 40.7. The Morgan fingerprint density at radius 1 is 1.11 bits per heavy atom. The standard InChI is InChI=1S/C27H26N6O2/c1-4-23(34)32-14-5-6-21(32)26-31-24(25-18(3)28-13-15-33(25)26)19-7-9-20(10-8-19)27(35)30-22-16-17(2)11-12-29-22/h4,7-13,15-16,21H,1,5-6,14H2,2-3H3,(H,29,30,35)/t21-/m0/s1. The Morgan fingerprint density at radius 3 is 2.66 bits per heavy atom. The van der Waals surface area contributed by atoms with Gasteiger partial charge in [-0.2, -0.15) is 0 Å². The van der Waals surface area contributed by atoms with E-state index in [0.29, 0.717) is 17.9 Å². The lowest BCUT2D eigenvalue weighted by molar-refractivity contribution is -0.127. The van der Waals surface area contributed by atoms with Crippen LogP contribution in [-0.4, -0.2) is 42.6 Å². The number of anilines is 1. The van der Waals surface area contributed by atoms with Gasteiger partial charge in [0.25, 0.3) is 5.91 Å². The number of hydrogen-bond acceptors (Lipinski definition) is 5. The largest absolute Gasteiger partial charge is 0.329 e. The summed E-state index contributed by atoms with van der Waals surface area (Å²) in [5, 5.41) is 2.83. The van der Waals surface area contributed by atoms with Crippen LogP contribution in [0.4, 0.5) is 5.82 Å². The fourth-order valence-electron chi connectivity index (χ4n) is 4.64.